The van der Waals surface area contributed by atoms with E-state index in [2.05, 4.69) is 26.0 Å². The van der Waals surface area contributed by atoms with Crippen molar-refractivity contribution in [1.29, 1.82) is 0 Å². The van der Waals surface area contributed by atoms with Gasteiger partial charge < -0.3 is 10.6 Å². The minimum Gasteiger partial charge on any atom is -0.366 e. The van der Waals surface area contributed by atoms with Crippen molar-refractivity contribution in [3.63, 3.8) is 0 Å². The van der Waals surface area contributed by atoms with Gasteiger partial charge >= 0.3 is 0 Å². The maximum Gasteiger partial charge on any atom is 0.240 e. The Hall–Kier alpha value is -1.11. The monoisotopic (exact) mass is 275 g/mol. The average molecular weight is 276 g/mol. The first-order valence-electron chi connectivity index (χ1n) is 4.56. The fraction of sp³-hybridized carbons (Fsp3) is 0.625. The van der Waals surface area contributed by atoms with Gasteiger partial charge in [-0.25, -0.2) is 4.68 Å². The number of aromatic nitrogens is 3. The van der Waals surface area contributed by atoms with Crippen molar-refractivity contribution in [2.45, 2.75) is 19.4 Å². The van der Waals surface area contributed by atoms with Gasteiger partial charge in [-0.3, -0.25) is 4.79 Å². The van der Waals surface area contributed by atoms with Crippen molar-refractivity contribution in [2.75, 3.05) is 19.8 Å². The topological polar surface area (TPSA) is 77.0 Å². The second-order valence-electron chi connectivity index (χ2n) is 3.35. The Morgan fingerprint density at radius 1 is 1.60 bits per heavy atom. The summed E-state index contributed by atoms with van der Waals surface area (Å²) in [6.45, 7) is 0.629. The molecular weight excluding hydrogens is 262 g/mol. The van der Waals surface area contributed by atoms with E-state index in [0.717, 1.165) is 6.42 Å². The van der Waals surface area contributed by atoms with E-state index in [4.69, 9.17) is 5.73 Å². The number of anilines is 1. The fourth-order valence-electron chi connectivity index (χ4n) is 1.09. The van der Waals surface area contributed by atoms with E-state index in [1.807, 2.05) is 0 Å². The molecule has 1 rings (SSSR count). The van der Waals surface area contributed by atoms with Crippen LogP contribution in [-0.4, -0.2) is 39.7 Å². The number of carbonyl (C=O) groups is 1. The molecule has 7 heteroatoms. The van der Waals surface area contributed by atoms with Crippen LogP contribution in [-0.2, 0) is 11.3 Å². The molecule has 1 aromatic heterocycles. The number of hydrogen-bond acceptors (Lipinski definition) is 4. The van der Waals surface area contributed by atoms with E-state index < -0.39 is 0 Å². The molecule has 0 bridgehead atoms. The Morgan fingerprint density at radius 3 is 2.73 bits per heavy atom. The molecule has 0 unspecified atom stereocenters. The number of nitrogens with zero attached hydrogens (tertiary/aromatic N) is 4. The summed E-state index contributed by atoms with van der Waals surface area (Å²) in [5.41, 5.74) is 5.41. The van der Waals surface area contributed by atoms with Crippen LogP contribution in [0.3, 0.4) is 0 Å². The standard InChI is InChI=1S/C8H14BrN5O/c1-13(2)6(15)4-3-5-14-7(9)11-8(10)12-14/h3-5H2,1-2H3,(H2,10,12). The fourth-order valence-corrected chi connectivity index (χ4v) is 1.52. The summed E-state index contributed by atoms with van der Waals surface area (Å²) in [7, 11) is 3.48. The number of halogens is 1. The zero-order valence-electron chi connectivity index (χ0n) is 8.77. The van der Waals surface area contributed by atoms with Crippen LogP contribution in [0.1, 0.15) is 12.8 Å². The van der Waals surface area contributed by atoms with E-state index in [9.17, 15) is 4.79 Å². The molecule has 6 nitrogen and oxygen atoms in total. The van der Waals surface area contributed by atoms with Crippen LogP contribution in [0, 0.1) is 0 Å². The predicted molar refractivity (Wildman–Crippen MR) is 60.1 cm³/mol. The van der Waals surface area contributed by atoms with Crippen LogP contribution in [0.15, 0.2) is 4.73 Å². The first-order valence-corrected chi connectivity index (χ1v) is 5.36. The van der Waals surface area contributed by atoms with Gasteiger partial charge in [-0.2, -0.15) is 4.98 Å². The number of hydrogen-bond donors (Lipinski definition) is 1. The summed E-state index contributed by atoms with van der Waals surface area (Å²) in [5, 5.41) is 3.96. The molecule has 0 atom stereocenters. The number of aryl methyl sites for hydroxylation is 1. The third-order valence-electron chi connectivity index (χ3n) is 1.90. The van der Waals surface area contributed by atoms with Gasteiger partial charge in [-0.05, 0) is 22.4 Å². The van der Waals surface area contributed by atoms with Gasteiger partial charge in [0.05, 0.1) is 0 Å². The van der Waals surface area contributed by atoms with Crippen molar-refractivity contribution in [3.8, 4) is 0 Å². The number of amides is 1. The highest BCUT2D eigenvalue weighted by molar-refractivity contribution is 9.10. The van der Waals surface area contributed by atoms with E-state index in [-0.39, 0.29) is 11.9 Å². The van der Waals surface area contributed by atoms with Gasteiger partial charge in [-0.15, -0.1) is 5.10 Å². The second-order valence-corrected chi connectivity index (χ2v) is 4.06. The Kier molecular flexibility index (Phi) is 4.07. The lowest BCUT2D eigenvalue weighted by Gasteiger charge is -2.09. The minimum atomic E-state index is 0.110. The average Bonchev–Trinajstić information content (AvgIpc) is 2.45. The van der Waals surface area contributed by atoms with Crippen molar-refractivity contribution >= 4 is 27.8 Å². The highest BCUT2D eigenvalue weighted by atomic mass is 79.9. The highest BCUT2D eigenvalue weighted by Gasteiger charge is 2.07. The third-order valence-corrected chi connectivity index (χ3v) is 2.49. The van der Waals surface area contributed by atoms with E-state index in [1.54, 1.807) is 23.7 Å². The van der Waals surface area contributed by atoms with Crippen molar-refractivity contribution in [1.82, 2.24) is 19.7 Å². The summed E-state index contributed by atoms with van der Waals surface area (Å²) in [6, 6.07) is 0. The molecule has 15 heavy (non-hydrogen) atoms. The Bertz CT molecular complexity index is 349. The Balaban J connectivity index is 2.38. The highest BCUT2D eigenvalue weighted by Crippen LogP contribution is 2.09. The van der Waals surface area contributed by atoms with E-state index in [1.165, 1.54) is 0 Å². The van der Waals surface area contributed by atoms with Crippen LogP contribution in [0.2, 0.25) is 0 Å². The molecule has 0 saturated heterocycles. The van der Waals surface area contributed by atoms with Crippen LogP contribution < -0.4 is 5.73 Å². The lowest BCUT2D eigenvalue weighted by atomic mass is 10.3. The maximum atomic E-state index is 11.3. The SMILES string of the molecule is CN(C)C(=O)CCCn1nc(N)nc1Br. The van der Waals surface area contributed by atoms with Crippen LogP contribution >= 0.6 is 15.9 Å². The van der Waals surface area contributed by atoms with Gasteiger partial charge in [0.1, 0.15) is 0 Å². The molecule has 1 amide bonds. The van der Waals surface area contributed by atoms with Crippen molar-refractivity contribution in [2.24, 2.45) is 0 Å². The lowest BCUT2D eigenvalue weighted by molar-refractivity contribution is -0.128. The van der Waals surface area contributed by atoms with Crippen LogP contribution in [0.5, 0.6) is 0 Å². The Morgan fingerprint density at radius 2 is 2.27 bits per heavy atom. The van der Waals surface area contributed by atoms with Gasteiger partial charge in [0.15, 0.2) is 4.73 Å². The molecule has 1 aromatic rings. The summed E-state index contributed by atoms with van der Waals surface area (Å²) < 4.78 is 2.23. The molecule has 0 aliphatic carbocycles. The third kappa shape index (κ3) is 3.50. The number of nitrogen functional groups attached to an aromatic ring is 1. The molecule has 0 aromatic carbocycles. The molecule has 84 valence electrons. The van der Waals surface area contributed by atoms with Gasteiger partial charge in [0.2, 0.25) is 11.9 Å². The number of nitrogens with two attached hydrogens (primary N) is 1. The zero-order chi connectivity index (χ0) is 11.4. The minimum absolute atomic E-state index is 0.110. The smallest absolute Gasteiger partial charge is 0.240 e. The zero-order valence-corrected chi connectivity index (χ0v) is 10.4. The second kappa shape index (κ2) is 5.11. The van der Waals surface area contributed by atoms with Crippen molar-refractivity contribution < 1.29 is 4.79 Å². The largest absolute Gasteiger partial charge is 0.366 e. The molecular formula is C8H14BrN5O. The molecule has 0 aliphatic rings. The van der Waals surface area contributed by atoms with E-state index >= 15 is 0 Å². The molecule has 1 heterocycles. The number of rotatable bonds is 4. The summed E-state index contributed by atoms with van der Waals surface area (Å²) >= 11 is 3.23. The lowest BCUT2D eigenvalue weighted by Crippen LogP contribution is -2.21. The molecule has 0 radical (unpaired) electrons. The van der Waals surface area contributed by atoms with Crippen LogP contribution in [0.25, 0.3) is 0 Å². The normalized spacial score (nSPS) is 10.3. The van der Waals surface area contributed by atoms with Gasteiger partial charge in [0.25, 0.3) is 0 Å². The molecule has 0 saturated carbocycles. The molecule has 2 N–H and O–H groups in total. The maximum absolute atomic E-state index is 11.3. The summed E-state index contributed by atoms with van der Waals surface area (Å²) in [6.07, 6.45) is 1.22. The summed E-state index contributed by atoms with van der Waals surface area (Å²) in [4.78, 5) is 16.7. The van der Waals surface area contributed by atoms with Crippen LogP contribution in [0.4, 0.5) is 5.95 Å². The quantitative estimate of drug-likeness (QED) is 0.868. The number of carbonyl (C=O) groups excluding carboxylic acids is 1. The first-order chi connectivity index (χ1) is 7.00. The van der Waals surface area contributed by atoms with Gasteiger partial charge in [-0.1, -0.05) is 0 Å². The van der Waals surface area contributed by atoms with Crippen molar-refractivity contribution in [3.05, 3.63) is 4.73 Å². The van der Waals surface area contributed by atoms with Gasteiger partial charge in [0, 0.05) is 27.1 Å². The molecule has 0 aliphatic heterocycles. The first kappa shape index (κ1) is 12.0. The van der Waals surface area contributed by atoms with E-state index in [0.29, 0.717) is 17.7 Å². The Labute approximate surface area is 96.6 Å². The molecule has 0 spiro atoms. The predicted octanol–water partition coefficient (Wildman–Crippen LogP) is 0.491. The summed E-state index contributed by atoms with van der Waals surface area (Å²) in [5.74, 6) is 0.347. The molecule has 0 fully saturated rings.